The largest absolute Gasteiger partial charge is 0.477 e. The fourth-order valence-electron chi connectivity index (χ4n) is 1.81. The number of aromatic nitrogens is 1. The normalized spacial score (nSPS) is 16.4. The summed E-state index contributed by atoms with van der Waals surface area (Å²) in [4.78, 5) is 16.1. The molecule has 92 valence electrons. The molecule has 1 aromatic rings. The predicted molar refractivity (Wildman–Crippen MR) is 65.1 cm³/mol. The SMILES string of the molecule is CCOc1ncccc1C(=O)NC(C)C1CC1. The molecule has 1 saturated carbocycles. The van der Waals surface area contributed by atoms with Crippen molar-refractivity contribution < 1.29 is 9.53 Å². The molecule has 1 unspecified atom stereocenters. The second kappa shape index (κ2) is 5.17. The second-order valence-electron chi connectivity index (χ2n) is 4.39. The number of nitrogens with one attached hydrogen (secondary N) is 1. The topological polar surface area (TPSA) is 51.2 Å². The molecule has 1 atom stereocenters. The molecule has 4 nitrogen and oxygen atoms in total. The van der Waals surface area contributed by atoms with Crippen LogP contribution in [0.5, 0.6) is 5.88 Å². The van der Waals surface area contributed by atoms with Crippen molar-refractivity contribution >= 4 is 5.91 Å². The van der Waals surface area contributed by atoms with Gasteiger partial charge in [-0.1, -0.05) is 0 Å². The first-order valence-electron chi connectivity index (χ1n) is 6.11. The number of pyridine rings is 1. The van der Waals surface area contributed by atoms with Gasteiger partial charge in [0, 0.05) is 12.2 Å². The molecule has 1 heterocycles. The molecule has 1 aliphatic carbocycles. The zero-order valence-electron chi connectivity index (χ0n) is 10.3. The van der Waals surface area contributed by atoms with Gasteiger partial charge in [0.1, 0.15) is 5.56 Å². The molecule has 2 rings (SSSR count). The minimum Gasteiger partial charge on any atom is -0.477 e. The average Bonchev–Trinajstić information content (AvgIpc) is 3.13. The Balaban J connectivity index is 2.06. The summed E-state index contributed by atoms with van der Waals surface area (Å²) in [5, 5.41) is 3.00. The fourth-order valence-corrected chi connectivity index (χ4v) is 1.81. The van der Waals surface area contributed by atoms with E-state index in [0.29, 0.717) is 24.0 Å². The van der Waals surface area contributed by atoms with E-state index in [4.69, 9.17) is 4.74 Å². The molecule has 0 spiro atoms. The maximum Gasteiger partial charge on any atom is 0.256 e. The summed E-state index contributed by atoms with van der Waals surface area (Å²) >= 11 is 0. The summed E-state index contributed by atoms with van der Waals surface area (Å²) in [6.07, 6.45) is 4.06. The van der Waals surface area contributed by atoms with E-state index in [0.717, 1.165) is 0 Å². The van der Waals surface area contributed by atoms with E-state index in [9.17, 15) is 4.79 Å². The zero-order chi connectivity index (χ0) is 12.3. The van der Waals surface area contributed by atoms with Crippen molar-refractivity contribution in [3.05, 3.63) is 23.9 Å². The first-order chi connectivity index (χ1) is 8.22. The summed E-state index contributed by atoms with van der Waals surface area (Å²) in [6, 6.07) is 3.73. The van der Waals surface area contributed by atoms with E-state index < -0.39 is 0 Å². The quantitative estimate of drug-likeness (QED) is 0.847. The summed E-state index contributed by atoms with van der Waals surface area (Å²) < 4.78 is 5.34. The Bertz CT molecular complexity index is 402. The van der Waals surface area contributed by atoms with Crippen LogP contribution in [0.3, 0.4) is 0 Å². The van der Waals surface area contributed by atoms with Crippen molar-refractivity contribution in [2.45, 2.75) is 32.7 Å². The first kappa shape index (κ1) is 11.9. The Labute approximate surface area is 101 Å². The molecular weight excluding hydrogens is 216 g/mol. The van der Waals surface area contributed by atoms with E-state index in [-0.39, 0.29) is 11.9 Å². The minimum atomic E-state index is -0.0963. The van der Waals surface area contributed by atoms with Crippen molar-refractivity contribution in [2.75, 3.05) is 6.61 Å². The molecule has 0 radical (unpaired) electrons. The predicted octanol–water partition coefficient (Wildman–Crippen LogP) is 2.01. The summed E-state index contributed by atoms with van der Waals surface area (Å²) in [7, 11) is 0. The van der Waals surface area contributed by atoms with Gasteiger partial charge in [0.2, 0.25) is 5.88 Å². The Morgan fingerprint density at radius 1 is 1.65 bits per heavy atom. The van der Waals surface area contributed by atoms with Crippen molar-refractivity contribution in [1.29, 1.82) is 0 Å². The van der Waals surface area contributed by atoms with Crippen LogP contribution in [0, 0.1) is 5.92 Å². The van der Waals surface area contributed by atoms with Crippen LogP contribution in [-0.4, -0.2) is 23.5 Å². The van der Waals surface area contributed by atoms with Crippen LogP contribution in [0.4, 0.5) is 0 Å². The van der Waals surface area contributed by atoms with Gasteiger partial charge in [0.15, 0.2) is 0 Å². The number of amides is 1. The van der Waals surface area contributed by atoms with Crippen LogP contribution in [0.2, 0.25) is 0 Å². The molecule has 1 amide bonds. The maximum atomic E-state index is 12.1. The molecule has 1 N–H and O–H groups in total. The monoisotopic (exact) mass is 234 g/mol. The van der Waals surface area contributed by atoms with Gasteiger partial charge in [-0.3, -0.25) is 4.79 Å². The van der Waals surface area contributed by atoms with Crippen LogP contribution in [0.25, 0.3) is 0 Å². The lowest BCUT2D eigenvalue weighted by molar-refractivity contribution is 0.0931. The van der Waals surface area contributed by atoms with E-state index in [1.54, 1.807) is 18.3 Å². The third kappa shape index (κ3) is 2.96. The molecule has 17 heavy (non-hydrogen) atoms. The highest BCUT2D eigenvalue weighted by molar-refractivity contribution is 5.96. The highest BCUT2D eigenvalue weighted by Gasteiger charge is 2.29. The fraction of sp³-hybridized carbons (Fsp3) is 0.538. The highest BCUT2D eigenvalue weighted by atomic mass is 16.5. The van der Waals surface area contributed by atoms with Gasteiger partial charge in [0.05, 0.1) is 6.61 Å². The molecule has 1 fully saturated rings. The number of hydrogen-bond donors (Lipinski definition) is 1. The third-order valence-corrected chi connectivity index (χ3v) is 2.98. The molecule has 4 heteroatoms. The van der Waals surface area contributed by atoms with E-state index in [2.05, 4.69) is 10.3 Å². The lowest BCUT2D eigenvalue weighted by Gasteiger charge is -2.14. The molecule has 0 aliphatic heterocycles. The van der Waals surface area contributed by atoms with Crippen LogP contribution in [-0.2, 0) is 0 Å². The van der Waals surface area contributed by atoms with Gasteiger partial charge >= 0.3 is 0 Å². The van der Waals surface area contributed by atoms with Crippen LogP contribution < -0.4 is 10.1 Å². The Morgan fingerprint density at radius 3 is 3.06 bits per heavy atom. The molecule has 1 aromatic heterocycles. The standard InChI is InChI=1S/C13H18N2O2/c1-3-17-13-11(5-4-8-14-13)12(16)15-9(2)10-6-7-10/h4-5,8-10H,3,6-7H2,1-2H3,(H,15,16). The van der Waals surface area contributed by atoms with Gasteiger partial charge in [-0.25, -0.2) is 4.98 Å². The van der Waals surface area contributed by atoms with Gasteiger partial charge in [-0.15, -0.1) is 0 Å². The molecular formula is C13H18N2O2. The number of nitrogens with zero attached hydrogens (tertiary/aromatic N) is 1. The second-order valence-corrected chi connectivity index (χ2v) is 4.39. The number of rotatable bonds is 5. The van der Waals surface area contributed by atoms with Crippen LogP contribution >= 0.6 is 0 Å². The van der Waals surface area contributed by atoms with Gasteiger partial charge in [0.25, 0.3) is 5.91 Å². The van der Waals surface area contributed by atoms with Gasteiger partial charge in [-0.2, -0.15) is 0 Å². The van der Waals surface area contributed by atoms with Gasteiger partial charge < -0.3 is 10.1 Å². The van der Waals surface area contributed by atoms with E-state index in [1.807, 2.05) is 13.8 Å². The lowest BCUT2D eigenvalue weighted by atomic mass is 10.2. The number of carbonyl (C=O) groups is 1. The summed E-state index contributed by atoms with van der Waals surface area (Å²) in [6.45, 7) is 4.44. The molecule has 1 aliphatic rings. The summed E-state index contributed by atoms with van der Waals surface area (Å²) in [5.41, 5.74) is 0.516. The van der Waals surface area contributed by atoms with Crippen molar-refractivity contribution in [3.63, 3.8) is 0 Å². The Morgan fingerprint density at radius 2 is 2.41 bits per heavy atom. The molecule has 0 aromatic carbocycles. The minimum absolute atomic E-state index is 0.0963. The van der Waals surface area contributed by atoms with Gasteiger partial charge in [-0.05, 0) is 44.7 Å². The molecule has 0 bridgehead atoms. The zero-order valence-corrected chi connectivity index (χ0v) is 10.3. The van der Waals surface area contributed by atoms with Crippen LogP contribution in [0.15, 0.2) is 18.3 Å². The first-order valence-corrected chi connectivity index (χ1v) is 6.11. The van der Waals surface area contributed by atoms with Crippen molar-refractivity contribution in [1.82, 2.24) is 10.3 Å². The third-order valence-electron chi connectivity index (χ3n) is 2.98. The average molecular weight is 234 g/mol. The number of hydrogen-bond acceptors (Lipinski definition) is 3. The van der Waals surface area contributed by atoms with E-state index >= 15 is 0 Å². The number of carbonyl (C=O) groups excluding carboxylic acids is 1. The maximum absolute atomic E-state index is 12.1. The Kier molecular flexibility index (Phi) is 3.61. The molecule has 0 saturated heterocycles. The van der Waals surface area contributed by atoms with Crippen molar-refractivity contribution in [2.24, 2.45) is 5.92 Å². The highest BCUT2D eigenvalue weighted by Crippen LogP contribution is 2.32. The van der Waals surface area contributed by atoms with Crippen LogP contribution in [0.1, 0.15) is 37.0 Å². The summed E-state index contributed by atoms with van der Waals surface area (Å²) in [5.74, 6) is 0.961. The van der Waals surface area contributed by atoms with E-state index in [1.165, 1.54) is 12.8 Å². The Hall–Kier alpha value is -1.58. The lowest BCUT2D eigenvalue weighted by Crippen LogP contribution is -2.34. The number of ether oxygens (including phenoxy) is 1. The smallest absolute Gasteiger partial charge is 0.256 e. The van der Waals surface area contributed by atoms with Crippen molar-refractivity contribution in [3.8, 4) is 5.88 Å².